The van der Waals surface area contributed by atoms with Crippen LogP contribution in [0.1, 0.15) is 23.1 Å². The molecular weight excluding hydrogens is 234 g/mol. The molecule has 6 nitrogen and oxygen atoms in total. The van der Waals surface area contributed by atoms with E-state index in [-0.39, 0.29) is 12.3 Å². The van der Waals surface area contributed by atoms with Gasteiger partial charge in [-0.3, -0.25) is 0 Å². The molecule has 92 valence electrons. The van der Waals surface area contributed by atoms with Crippen LogP contribution in [0.4, 0.5) is 0 Å². The molecule has 18 heavy (non-hydrogen) atoms. The largest absolute Gasteiger partial charge is 0.485 e. The van der Waals surface area contributed by atoms with E-state index in [0.29, 0.717) is 12.3 Å². The number of carbonyl (C=O) groups excluding carboxylic acids is 1. The van der Waals surface area contributed by atoms with E-state index >= 15 is 0 Å². The van der Waals surface area contributed by atoms with Crippen LogP contribution < -0.4 is 4.74 Å². The summed E-state index contributed by atoms with van der Waals surface area (Å²) in [6.07, 6.45) is 0. The van der Waals surface area contributed by atoms with Crippen LogP contribution in [0.2, 0.25) is 0 Å². The molecule has 0 saturated carbocycles. The monoisotopic (exact) mass is 245 g/mol. The molecule has 0 spiro atoms. The fourth-order valence-corrected chi connectivity index (χ4v) is 1.88. The summed E-state index contributed by atoms with van der Waals surface area (Å²) in [6.45, 7) is 2.32. The fraction of sp³-hybridized carbons (Fsp3) is 0.250. The van der Waals surface area contributed by atoms with Crippen molar-refractivity contribution < 1.29 is 14.3 Å². The molecule has 1 aromatic carbocycles. The third-order valence-electron chi connectivity index (χ3n) is 2.69. The molecule has 0 bridgehead atoms. The van der Waals surface area contributed by atoms with Gasteiger partial charge in [0, 0.05) is 0 Å². The van der Waals surface area contributed by atoms with Crippen LogP contribution in [-0.2, 0) is 11.3 Å². The lowest BCUT2D eigenvalue weighted by Crippen LogP contribution is -2.16. The number of rotatable bonds is 2. The van der Waals surface area contributed by atoms with Gasteiger partial charge in [0.1, 0.15) is 23.7 Å². The first-order valence-corrected chi connectivity index (χ1v) is 5.65. The molecule has 0 fully saturated rings. The van der Waals surface area contributed by atoms with Crippen LogP contribution >= 0.6 is 0 Å². The zero-order chi connectivity index (χ0) is 12.5. The van der Waals surface area contributed by atoms with Crippen molar-refractivity contribution in [2.75, 3.05) is 6.61 Å². The van der Waals surface area contributed by atoms with E-state index in [2.05, 4.69) is 10.3 Å². The summed E-state index contributed by atoms with van der Waals surface area (Å²) >= 11 is 0. The standard InChI is InChI=1S/C12H11N3O3/c1-2-17-12(16)11-9-7-18-10-6-4-3-5-8(10)15(9)14-13-11/h3-6H,2,7H2,1H3. The highest BCUT2D eigenvalue weighted by Crippen LogP contribution is 2.29. The molecule has 0 atom stereocenters. The third kappa shape index (κ3) is 1.54. The van der Waals surface area contributed by atoms with Gasteiger partial charge in [0.2, 0.25) is 0 Å². The first kappa shape index (κ1) is 10.8. The number of aromatic nitrogens is 3. The molecule has 6 heteroatoms. The molecule has 0 unspecified atom stereocenters. The van der Waals surface area contributed by atoms with E-state index in [4.69, 9.17) is 9.47 Å². The van der Waals surface area contributed by atoms with E-state index < -0.39 is 5.97 Å². The van der Waals surface area contributed by atoms with Crippen molar-refractivity contribution in [1.29, 1.82) is 0 Å². The summed E-state index contributed by atoms with van der Waals surface area (Å²) in [5.74, 6) is 0.257. The lowest BCUT2D eigenvalue weighted by Gasteiger charge is -2.18. The minimum absolute atomic E-state index is 0.214. The van der Waals surface area contributed by atoms with Crippen LogP contribution in [0, 0.1) is 0 Å². The predicted octanol–water partition coefficient (Wildman–Crippen LogP) is 1.34. The number of hydrogen-bond acceptors (Lipinski definition) is 5. The van der Waals surface area contributed by atoms with Crippen molar-refractivity contribution >= 4 is 5.97 Å². The summed E-state index contributed by atoms with van der Waals surface area (Å²) < 4.78 is 12.1. The number of nitrogens with zero attached hydrogens (tertiary/aromatic N) is 3. The van der Waals surface area contributed by atoms with Crippen molar-refractivity contribution in [1.82, 2.24) is 15.0 Å². The fourth-order valence-electron chi connectivity index (χ4n) is 1.88. The quantitative estimate of drug-likeness (QED) is 0.747. The Labute approximate surface area is 103 Å². The summed E-state index contributed by atoms with van der Waals surface area (Å²) in [5, 5.41) is 7.86. The second kappa shape index (κ2) is 4.14. The van der Waals surface area contributed by atoms with Gasteiger partial charge in [-0.1, -0.05) is 17.3 Å². The molecular formula is C12H11N3O3. The number of carbonyl (C=O) groups is 1. The number of benzene rings is 1. The second-order valence-corrected chi connectivity index (χ2v) is 3.77. The van der Waals surface area contributed by atoms with Gasteiger partial charge in [0.05, 0.1) is 6.61 Å². The number of fused-ring (bicyclic) bond motifs is 3. The highest BCUT2D eigenvalue weighted by Gasteiger charge is 2.26. The molecule has 1 aliphatic heterocycles. The van der Waals surface area contributed by atoms with E-state index in [1.807, 2.05) is 24.3 Å². The summed E-state index contributed by atoms with van der Waals surface area (Å²) in [5.41, 5.74) is 1.61. The van der Waals surface area contributed by atoms with Crippen LogP contribution in [0.3, 0.4) is 0 Å². The summed E-state index contributed by atoms with van der Waals surface area (Å²) in [6, 6.07) is 7.47. The van der Waals surface area contributed by atoms with Crippen LogP contribution in [0.25, 0.3) is 5.69 Å². The van der Waals surface area contributed by atoms with Gasteiger partial charge in [-0.05, 0) is 19.1 Å². The zero-order valence-electron chi connectivity index (χ0n) is 9.79. The zero-order valence-corrected chi connectivity index (χ0v) is 9.79. The molecule has 0 saturated heterocycles. The second-order valence-electron chi connectivity index (χ2n) is 3.77. The maximum Gasteiger partial charge on any atom is 0.360 e. The SMILES string of the molecule is CCOC(=O)c1nnn2c1COc1ccccc1-2. The average molecular weight is 245 g/mol. The first-order chi connectivity index (χ1) is 8.81. The Bertz CT molecular complexity index is 606. The predicted molar refractivity (Wildman–Crippen MR) is 61.6 cm³/mol. The first-order valence-electron chi connectivity index (χ1n) is 5.65. The van der Waals surface area contributed by atoms with Gasteiger partial charge < -0.3 is 9.47 Å². The minimum atomic E-state index is -0.471. The van der Waals surface area contributed by atoms with Crippen LogP contribution in [-0.4, -0.2) is 27.6 Å². The van der Waals surface area contributed by atoms with Crippen molar-refractivity contribution in [2.24, 2.45) is 0 Å². The number of hydrogen-bond donors (Lipinski definition) is 0. The van der Waals surface area contributed by atoms with Gasteiger partial charge in [0.15, 0.2) is 5.69 Å². The Hall–Kier alpha value is -2.37. The van der Waals surface area contributed by atoms with Gasteiger partial charge in [0.25, 0.3) is 0 Å². The molecule has 0 radical (unpaired) electrons. The highest BCUT2D eigenvalue weighted by atomic mass is 16.5. The summed E-state index contributed by atoms with van der Waals surface area (Å²) in [7, 11) is 0. The van der Waals surface area contributed by atoms with Gasteiger partial charge in [-0.15, -0.1) is 5.10 Å². The number of esters is 1. The molecule has 1 aromatic heterocycles. The van der Waals surface area contributed by atoms with E-state index in [9.17, 15) is 4.79 Å². The van der Waals surface area contributed by atoms with Crippen molar-refractivity contribution in [3.63, 3.8) is 0 Å². The van der Waals surface area contributed by atoms with Crippen LogP contribution in [0.15, 0.2) is 24.3 Å². The smallest absolute Gasteiger partial charge is 0.360 e. The van der Waals surface area contributed by atoms with Crippen LogP contribution in [0.5, 0.6) is 5.75 Å². The Kier molecular flexibility index (Phi) is 2.47. The van der Waals surface area contributed by atoms with E-state index in [0.717, 1.165) is 11.4 Å². The molecule has 3 rings (SSSR count). The van der Waals surface area contributed by atoms with Gasteiger partial charge in [-0.2, -0.15) is 0 Å². The molecule has 0 N–H and O–H groups in total. The molecule has 2 aromatic rings. The molecule has 2 heterocycles. The van der Waals surface area contributed by atoms with E-state index in [1.54, 1.807) is 11.6 Å². The summed E-state index contributed by atoms with van der Waals surface area (Å²) in [4.78, 5) is 11.7. The number of ether oxygens (including phenoxy) is 2. The third-order valence-corrected chi connectivity index (χ3v) is 2.69. The maximum absolute atomic E-state index is 11.7. The molecule has 0 aliphatic carbocycles. The Morgan fingerprint density at radius 2 is 2.33 bits per heavy atom. The Morgan fingerprint density at radius 1 is 1.50 bits per heavy atom. The Morgan fingerprint density at radius 3 is 3.17 bits per heavy atom. The molecule has 0 amide bonds. The lowest BCUT2D eigenvalue weighted by molar-refractivity contribution is 0.0516. The van der Waals surface area contributed by atoms with Crippen molar-refractivity contribution in [3.05, 3.63) is 35.7 Å². The highest BCUT2D eigenvalue weighted by molar-refractivity contribution is 5.88. The minimum Gasteiger partial charge on any atom is -0.485 e. The normalized spacial score (nSPS) is 12.3. The number of para-hydroxylation sites is 2. The van der Waals surface area contributed by atoms with Gasteiger partial charge >= 0.3 is 5.97 Å². The molecule has 1 aliphatic rings. The topological polar surface area (TPSA) is 66.2 Å². The maximum atomic E-state index is 11.7. The van der Waals surface area contributed by atoms with Gasteiger partial charge in [-0.25, -0.2) is 9.48 Å². The Balaban J connectivity index is 2.07. The van der Waals surface area contributed by atoms with E-state index in [1.165, 1.54) is 0 Å². The van der Waals surface area contributed by atoms with Crippen molar-refractivity contribution in [3.8, 4) is 11.4 Å². The lowest BCUT2D eigenvalue weighted by atomic mass is 10.2. The average Bonchev–Trinajstić information content (AvgIpc) is 2.83. The van der Waals surface area contributed by atoms with Crippen molar-refractivity contribution in [2.45, 2.75) is 13.5 Å².